The first-order valence-electron chi connectivity index (χ1n) is 30.3. The molecule has 0 aliphatic carbocycles. The highest BCUT2D eigenvalue weighted by Crippen LogP contribution is 2.14. The van der Waals surface area contributed by atoms with Gasteiger partial charge in [0.25, 0.3) is 0 Å². The van der Waals surface area contributed by atoms with E-state index >= 15 is 0 Å². The lowest BCUT2D eigenvalue weighted by atomic mass is 10.2. The molecule has 3 unspecified atom stereocenters. The van der Waals surface area contributed by atoms with Crippen LogP contribution in [-0.4, -0.2) is 265 Å². The maximum absolute atomic E-state index is 13.1. The highest BCUT2D eigenvalue weighted by Gasteiger charge is 2.26. The fourth-order valence-electron chi connectivity index (χ4n) is 7.02. The fraction of sp³-hybridized carbons (Fsp3) is 0.850. The second kappa shape index (κ2) is 41.7. The Morgan fingerprint density at radius 2 is 0.363 bits per heavy atom. The van der Waals surface area contributed by atoms with Crippen molar-refractivity contribution in [1.82, 2.24) is 19.6 Å². The third-order valence-electron chi connectivity index (χ3n) is 10.4. The van der Waals surface area contributed by atoms with Crippen LogP contribution in [0.4, 0.5) is 43.2 Å². The summed E-state index contributed by atoms with van der Waals surface area (Å²) in [6, 6.07) is 0. The molecule has 0 aromatic carbocycles. The smallest absolute Gasteiger partial charge is 0.433 e. The molecule has 0 amide bonds. The molecule has 0 fully saturated rings. The van der Waals surface area contributed by atoms with Crippen molar-refractivity contribution in [2.45, 2.75) is 197 Å². The minimum atomic E-state index is -1.05. The van der Waals surface area contributed by atoms with Crippen LogP contribution in [-0.2, 0) is 85.3 Å². The summed E-state index contributed by atoms with van der Waals surface area (Å²) >= 11 is 0. The predicted octanol–water partition coefficient (Wildman–Crippen LogP) is 9.53. The van der Waals surface area contributed by atoms with Gasteiger partial charge in [-0.25, -0.2) is 43.2 Å². The highest BCUT2D eigenvalue weighted by molar-refractivity contribution is 5.63. The summed E-state index contributed by atoms with van der Waals surface area (Å²) in [7, 11) is 0. The Morgan fingerprint density at radius 3 is 0.505 bits per heavy atom. The number of rotatable bonds is 36. The van der Waals surface area contributed by atoms with Gasteiger partial charge in [0.1, 0.15) is 111 Å². The number of nitrogens with zero attached hydrogens (tertiary/aromatic N) is 4. The van der Waals surface area contributed by atoms with Gasteiger partial charge in [-0.1, -0.05) is 0 Å². The summed E-state index contributed by atoms with van der Waals surface area (Å²) in [5.41, 5.74) is -4.74. The van der Waals surface area contributed by atoms with Crippen molar-refractivity contribution in [3.63, 3.8) is 0 Å². The second-order valence-electron chi connectivity index (χ2n) is 26.7. The largest absolute Gasteiger partial charge is 0.508 e. The van der Waals surface area contributed by atoms with Crippen LogP contribution in [0, 0.1) is 0 Å². The van der Waals surface area contributed by atoms with Gasteiger partial charge in [-0.3, -0.25) is 19.6 Å². The molecule has 0 heterocycles. The van der Waals surface area contributed by atoms with Gasteiger partial charge in [-0.2, -0.15) is 0 Å². The Kier molecular flexibility index (Phi) is 38.6. The Balaban J connectivity index is 6.13. The van der Waals surface area contributed by atoms with Crippen molar-refractivity contribution in [3.05, 3.63) is 0 Å². The number of hydrogen-bond acceptors (Lipinski definition) is 31. The maximum atomic E-state index is 13.1. The van der Waals surface area contributed by atoms with Crippen LogP contribution in [0.2, 0.25) is 0 Å². The molecule has 0 bridgehead atoms. The van der Waals surface area contributed by atoms with E-state index in [1.54, 1.807) is 165 Å². The van der Waals surface area contributed by atoms with Gasteiger partial charge in [0, 0.05) is 78.5 Å². The molecule has 3 atom stereocenters. The molecule has 0 saturated carbocycles. The van der Waals surface area contributed by atoms with E-state index < -0.39 is 107 Å². The number of carbonyl (C=O) groups excluding carboxylic acids is 9. The van der Waals surface area contributed by atoms with Gasteiger partial charge in [-0.15, -0.1) is 0 Å². The molecule has 0 aliphatic heterocycles. The Bertz CT molecular complexity index is 1840. The lowest BCUT2D eigenvalue weighted by Gasteiger charge is -2.26. The summed E-state index contributed by atoms with van der Waals surface area (Å²) in [4.78, 5) is 119. The predicted molar refractivity (Wildman–Crippen MR) is 325 cm³/mol. The minimum Gasteiger partial charge on any atom is -0.433 e. The fourth-order valence-corrected chi connectivity index (χ4v) is 7.02. The van der Waals surface area contributed by atoms with Crippen LogP contribution >= 0.6 is 0 Å². The quantitative estimate of drug-likeness (QED) is 0.0416. The minimum absolute atomic E-state index is 0.000616. The normalized spacial score (nSPS) is 13.2. The monoisotopic (exact) mass is 1320 g/mol. The first-order valence-corrected chi connectivity index (χ1v) is 30.3. The van der Waals surface area contributed by atoms with E-state index in [0.29, 0.717) is 0 Å². The van der Waals surface area contributed by atoms with Crippen LogP contribution in [0.1, 0.15) is 145 Å². The first kappa shape index (κ1) is 84.3. The first-order chi connectivity index (χ1) is 41.7. The molecule has 0 radical (unpaired) electrons. The standard InChI is InChI=1S/C60H108N4O27/c1-43(40-62(25-34-77-49(68)86-55(4,5)6)26-35-78-50(69)87-56(7,8)9)83-46(65)74-31-22-61(23-32-75-47(66)84-44(2)41-63(27-36-79-51(70)88-57(10,11)12)28-37-80-52(71)89-58(13,14)15)24-33-76-48(67)85-45(3)42-64(29-38-81-53(72)90-59(16,17)18)30-39-82-54(73)91-60(19,20)21/h43-45H,22-42H2,1-21H3. The molecule has 31 heteroatoms. The lowest BCUT2D eigenvalue weighted by Crippen LogP contribution is -2.40. The van der Waals surface area contributed by atoms with Crippen molar-refractivity contribution < 1.29 is 128 Å². The molecule has 0 aromatic rings. The van der Waals surface area contributed by atoms with E-state index in [2.05, 4.69) is 0 Å². The van der Waals surface area contributed by atoms with Gasteiger partial charge >= 0.3 is 55.4 Å². The second-order valence-corrected chi connectivity index (χ2v) is 26.7. The highest BCUT2D eigenvalue weighted by atomic mass is 16.8. The SMILES string of the molecule is CC(CN(CCOC(=O)OC(C)(C)C)CCOC(=O)OC(C)(C)C)OC(=O)OCCN(CCOC(=O)OC(C)CN(CCOC(=O)OC(C)(C)C)CCOC(=O)OC(C)(C)C)CCOC(=O)OC(C)CN(CCOC(=O)OC(C)(C)C)CCOC(=O)OC(C)(C)C. The van der Waals surface area contributed by atoms with Gasteiger partial charge < -0.3 is 85.3 Å². The van der Waals surface area contributed by atoms with Crippen molar-refractivity contribution >= 4 is 55.4 Å². The van der Waals surface area contributed by atoms with Crippen molar-refractivity contribution in [2.24, 2.45) is 0 Å². The third-order valence-corrected chi connectivity index (χ3v) is 10.4. The Labute approximate surface area is 537 Å². The van der Waals surface area contributed by atoms with E-state index in [0.717, 1.165) is 0 Å². The van der Waals surface area contributed by atoms with Crippen LogP contribution in [0.5, 0.6) is 0 Å². The number of ether oxygens (including phenoxy) is 18. The van der Waals surface area contributed by atoms with E-state index in [1.807, 2.05) is 0 Å². The summed E-state index contributed by atoms with van der Waals surface area (Å²) in [5, 5.41) is 0. The van der Waals surface area contributed by atoms with Crippen molar-refractivity contribution in [2.75, 3.05) is 138 Å². The number of hydrogen-bond donors (Lipinski definition) is 0. The molecule has 530 valence electrons. The average Bonchev–Trinajstić information content (AvgIpc) is 2.76. The Hall–Kier alpha value is -6.73. The number of carbonyl (C=O) groups is 9. The summed E-state index contributed by atoms with van der Waals surface area (Å²) in [6.45, 7) is 34.8. The summed E-state index contributed by atoms with van der Waals surface area (Å²) in [6.07, 6.45) is -10.9. The van der Waals surface area contributed by atoms with E-state index in [-0.39, 0.29) is 138 Å². The third kappa shape index (κ3) is 53.6. The zero-order valence-corrected chi connectivity index (χ0v) is 57.9. The topological polar surface area (TPSA) is 333 Å². The average molecular weight is 1320 g/mol. The van der Waals surface area contributed by atoms with E-state index in [1.165, 1.54) is 0 Å². The summed E-state index contributed by atoms with van der Waals surface area (Å²) in [5.74, 6) is 0. The zero-order valence-electron chi connectivity index (χ0n) is 57.9. The summed E-state index contributed by atoms with van der Waals surface area (Å²) < 4.78 is 95.5. The van der Waals surface area contributed by atoms with Gasteiger partial charge in [0.2, 0.25) is 0 Å². The van der Waals surface area contributed by atoms with Gasteiger partial charge in [0.15, 0.2) is 0 Å². The molecule has 0 rings (SSSR count). The van der Waals surface area contributed by atoms with Gasteiger partial charge in [0.05, 0.1) is 0 Å². The van der Waals surface area contributed by atoms with Crippen molar-refractivity contribution in [3.8, 4) is 0 Å². The van der Waals surface area contributed by atoms with E-state index in [4.69, 9.17) is 85.3 Å². The molecular weight excluding hydrogens is 1210 g/mol. The van der Waals surface area contributed by atoms with Crippen LogP contribution in [0.15, 0.2) is 0 Å². The van der Waals surface area contributed by atoms with E-state index in [9.17, 15) is 43.2 Å². The molecule has 91 heavy (non-hydrogen) atoms. The molecule has 0 saturated heterocycles. The zero-order chi connectivity index (χ0) is 69.8. The molecule has 0 spiro atoms. The van der Waals surface area contributed by atoms with Crippen LogP contribution in [0.3, 0.4) is 0 Å². The molecule has 0 aliphatic rings. The molecular formula is C60H108N4O27. The molecule has 31 nitrogen and oxygen atoms in total. The van der Waals surface area contributed by atoms with Crippen molar-refractivity contribution in [1.29, 1.82) is 0 Å². The lowest BCUT2D eigenvalue weighted by molar-refractivity contribution is -0.0224. The maximum Gasteiger partial charge on any atom is 0.508 e. The Morgan fingerprint density at radius 1 is 0.231 bits per heavy atom. The molecule has 0 aromatic heterocycles. The molecule has 0 N–H and O–H groups in total. The van der Waals surface area contributed by atoms with Crippen LogP contribution in [0.25, 0.3) is 0 Å². The van der Waals surface area contributed by atoms with Gasteiger partial charge in [-0.05, 0) is 145 Å². The van der Waals surface area contributed by atoms with Crippen LogP contribution < -0.4 is 0 Å².